The van der Waals surface area contributed by atoms with Crippen LogP contribution in [0.4, 0.5) is 17.1 Å². The van der Waals surface area contributed by atoms with Gasteiger partial charge in [-0.15, -0.1) is 5.56 Å². The first-order valence-electron chi connectivity index (χ1n) is 17.4. The van der Waals surface area contributed by atoms with Crippen LogP contribution in [0.25, 0.3) is 22.3 Å². The van der Waals surface area contributed by atoms with Gasteiger partial charge in [0, 0.05) is 5.69 Å². The average Bonchev–Trinajstić information content (AvgIpc) is 3.60. The zero-order valence-electron chi connectivity index (χ0n) is 30.3. The minimum atomic E-state index is -4.13. The summed E-state index contributed by atoms with van der Waals surface area (Å²) in [6.45, 7) is 3.62. The molecule has 0 spiro atoms. The van der Waals surface area contributed by atoms with Crippen molar-refractivity contribution in [3.05, 3.63) is 161 Å². The molecule has 2 N–H and O–H groups in total. The van der Waals surface area contributed by atoms with Crippen molar-refractivity contribution in [1.29, 1.82) is 0 Å². The summed E-state index contributed by atoms with van der Waals surface area (Å²) in [5.74, 6) is -1.98. The molecule has 8 rings (SSSR count). The van der Waals surface area contributed by atoms with Crippen molar-refractivity contribution in [3.63, 3.8) is 0 Å². The number of anilines is 3. The largest absolute Gasteiger partial charge is 1.00 e. The van der Waals surface area contributed by atoms with E-state index in [4.69, 9.17) is 5.73 Å². The van der Waals surface area contributed by atoms with Gasteiger partial charge in [0.15, 0.2) is 0 Å². The van der Waals surface area contributed by atoms with Gasteiger partial charge in [-0.2, -0.15) is 30.3 Å². The maximum absolute atomic E-state index is 14.3. The van der Waals surface area contributed by atoms with Crippen LogP contribution in [0.1, 0.15) is 66.4 Å². The van der Waals surface area contributed by atoms with E-state index in [-0.39, 0.29) is 73.0 Å². The Balaban J connectivity index is 0.00000465. The number of amides is 4. The Morgan fingerprint density at radius 1 is 0.527 bits per heavy atom. The third-order valence-corrected chi connectivity index (χ3v) is 11.9. The van der Waals surface area contributed by atoms with Crippen molar-refractivity contribution < 1.29 is 57.2 Å². The van der Waals surface area contributed by atoms with Crippen molar-refractivity contribution in [1.82, 2.24) is 0 Å². The SMILES string of the molecule is CCc1cc(N2C(=O)c3ccc(-c4ccc(N)cc4)cc3C2=O)cc(CC)c1S(=O)(=O)c1ccc(N2C(=O)c3ccc(-c4cc[c-]cc4)cc3C2=O)cc1.[Na+]. The Kier molecular flexibility index (Phi) is 9.95. The summed E-state index contributed by atoms with van der Waals surface area (Å²) < 4.78 is 28.7. The number of benzene rings is 6. The minimum Gasteiger partial charge on any atom is -0.399 e. The number of nitrogen functional groups attached to an aromatic ring is 1. The van der Waals surface area contributed by atoms with E-state index in [1.165, 1.54) is 24.3 Å². The van der Waals surface area contributed by atoms with E-state index < -0.39 is 33.5 Å². The van der Waals surface area contributed by atoms with Crippen LogP contribution in [0.2, 0.25) is 0 Å². The van der Waals surface area contributed by atoms with E-state index >= 15 is 0 Å². The van der Waals surface area contributed by atoms with Crippen LogP contribution < -0.4 is 45.1 Å². The number of carbonyl (C=O) groups is 4. The molecule has 0 atom stereocenters. The third-order valence-electron chi connectivity index (χ3n) is 9.99. The molecule has 266 valence electrons. The summed E-state index contributed by atoms with van der Waals surface area (Å²) >= 11 is 0. The fraction of sp³-hybridized carbons (Fsp3) is 0.0909. The maximum Gasteiger partial charge on any atom is 1.00 e. The molecule has 0 unspecified atom stereocenters. The number of nitrogens with zero attached hydrogens (tertiary/aromatic N) is 2. The number of nitrogens with two attached hydrogens (primary N) is 1. The number of aryl methyl sites for hydroxylation is 2. The molecule has 11 heteroatoms. The van der Waals surface area contributed by atoms with Crippen LogP contribution in [0.5, 0.6) is 0 Å². The third kappa shape index (κ3) is 6.31. The number of carbonyl (C=O) groups excluding carboxylic acids is 4. The first kappa shape index (κ1) is 37.7. The van der Waals surface area contributed by atoms with Crippen molar-refractivity contribution in [2.75, 3.05) is 15.5 Å². The first-order valence-corrected chi connectivity index (χ1v) is 18.9. The molecule has 0 aromatic heterocycles. The van der Waals surface area contributed by atoms with E-state index in [0.717, 1.165) is 32.1 Å². The summed E-state index contributed by atoms with van der Waals surface area (Å²) in [5.41, 5.74) is 12.2. The Labute approximate surface area is 340 Å². The minimum absolute atomic E-state index is 0. The number of hydrogen-bond acceptors (Lipinski definition) is 7. The summed E-state index contributed by atoms with van der Waals surface area (Å²) in [5, 5.41) is 0. The topological polar surface area (TPSA) is 135 Å². The number of sulfone groups is 1. The standard InChI is InChI=1S/C44H32N3O6S.Na/c1-3-26-22-34(47-42(49)37-21-13-31(25-39(37)44(47)51)29-10-14-32(45)15-11-29)23-27(4-2)40(26)54(52,53)35-18-16-33(17-19-35)46-41(48)36-20-12-30(24-38(36)43(46)50)28-8-6-5-7-9-28;/h6-25H,3-4,45H2,1-2H3;/q-1;+1. The summed E-state index contributed by atoms with van der Waals surface area (Å²) in [4.78, 5) is 56.6. The molecule has 2 aliphatic heterocycles. The number of fused-ring (bicyclic) bond motifs is 2. The molecule has 9 nitrogen and oxygen atoms in total. The molecule has 0 aliphatic carbocycles. The van der Waals surface area contributed by atoms with Crippen LogP contribution >= 0.6 is 0 Å². The predicted molar refractivity (Wildman–Crippen MR) is 206 cm³/mol. The van der Waals surface area contributed by atoms with E-state index in [2.05, 4.69) is 6.07 Å². The Hall–Kier alpha value is -5.65. The van der Waals surface area contributed by atoms with E-state index in [0.29, 0.717) is 29.7 Å². The molecule has 0 saturated carbocycles. The van der Waals surface area contributed by atoms with Crippen LogP contribution in [0.3, 0.4) is 0 Å². The molecule has 6 aromatic carbocycles. The summed E-state index contributed by atoms with van der Waals surface area (Å²) in [6, 6.07) is 36.5. The maximum atomic E-state index is 14.3. The molecule has 55 heavy (non-hydrogen) atoms. The zero-order chi connectivity index (χ0) is 37.9. The normalized spacial score (nSPS) is 13.6. The molecule has 4 amide bonds. The second-order valence-electron chi connectivity index (χ2n) is 13.1. The molecule has 0 bridgehead atoms. The van der Waals surface area contributed by atoms with Gasteiger partial charge in [0.25, 0.3) is 23.6 Å². The summed E-state index contributed by atoms with van der Waals surface area (Å²) in [7, 11) is -4.13. The van der Waals surface area contributed by atoms with E-state index in [1.54, 1.807) is 72.8 Å². The van der Waals surface area contributed by atoms with Gasteiger partial charge in [0.05, 0.1) is 43.4 Å². The van der Waals surface area contributed by atoms with Crippen molar-refractivity contribution in [2.45, 2.75) is 36.5 Å². The second kappa shape index (κ2) is 14.5. The van der Waals surface area contributed by atoms with E-state index in [9.17, 15) is 27.6 Å². The summed E-state index contributed by atoms with van der Waals surface area (Å²) in [6.07, 6.45) is 0.604. The van der Waals surface area contributed by atoms with Crippen LogP contribution in [-0.4, -0.2) is 32.0 Å². The smallest absolute Gasteiger partial charge is 0.399 e. The second-order valence-corrected chi connectivity index (χ2v) is 15.0. The van der Waals surface area contributed by atoms with Gasteiger partial charge in [-0.05, 0) is 113 Å². The molecule has 2 heterocycles. The van der Waals surface area contributed by atoms with Crippen LogP contribution in [-0.2, 0) is 22.7 Å². The average molecular weight is 754 g/mol. The molecule has 6 aromatic rings. The molecule has 0 radical (unpaired) electrons. The number of hydrogen-bond donors (Lipinski definition) is 1. The molecular weight excluding hydrogens is 722 g/mol. The molecule has 0 fully saturated rings. The van der Waals surface area contributed by atoms with Gasteiger partial charge in [0.1, 0.15) is 0 Å². The van der Waals surface area contributed by atoms with Crippen molar-refractivity contribution in [3.8, 4) is 22.3 Å². The first-order chi connectivity index (χ1) is 26.0. The van der Waals surface area contributed by atoms with Gasteiger partial charge in [-0.25, -0.2) is 18.2 Å². The number of rotatable bonds is 8. The Morgan fingerprint density at radius 3 is 1.45 bits per heavy atom. The fourth-order valence-corrected chi connectivity index (χ4v) is 9.02. The van der Waals surface area contributed by atoms with Crippen molar-refractivity contribution >= 4 is 50.5 Å². The van der Waals surface area contributed by atoms with Gasteiger partial charge >= 0.3 is 29.6 Å². The molecule has 2 aliphatic rings. The van der Waals surface area contributed by atoms with Crippen LogP contribution in [0, 0.1) is 6.07 Å². The van der Waals surface area contributed by atoms with E-state index in [1.807, 2.05) is 38.1 Å². The Bertz CT molecular complexity index is 2650. The Morgan fingerprint density at radius 2 is 0.964 bits per heavy atom. The molecule has 0 saturated heterocycles. The monoisotopic (exact) mass is 753 g/mol. The van der Waals surface area contributed by atoms with Crippen molar-refractivity contribution in [2.24, 2.45) is 0 Å². The van der Waals surface area contributed by atoms with Gasteiger partial charge in [0.2, 0.25) is 9.84 Å². The fourth-order valence-electron chi connectivity index (χ4n) is 7.19. The number of imide groups is 2. The quantitative estimate of drug-likeness (QED) is 0.101. The van der Waals surface area contributed by atoms with Gasteiger partial charge < -0.3 is 5.73 Å². The van der Waals surface area contributed by atoms with Crippen LogP contribution in [0.15, 0.2) is 131 Å². The van der Waals surface area contributed by atoms with Gasteiger partial charge in [-0.3, -0.25) is 19.2 Å². The molecular formula is C44H32N3NaO6S. The predicted octanol–water partition coefficient (Wildman–Crippen LogP) is 4.97. The van der Waals surface area contributed by atoms with Gasteiger partial charge in [-0.1, -0.05) is 38.1 Å². The zero-order valence-corrected chi connectivity index (χ0v) is 33.1.